The molecule has 3 rings (SSSR count). The molecule has 1 atom stereocenters. The summed E-state index contributed by atoms with van der Waals surface area (Å²) in [6.07, 6.45) is 0.719. The molecule has 0 spiro atoms. The number of nitrogens with zero attached hydrogens (tertiary/aromatic N) is 2. The number of aromatic nitrogens is 1. The second-order valence-corrected chi connectivity index (χ2v) is 7.79. The van der Waals surface area contributed by atoms with Crippen molar-refractivity contribution >= 4 is 33.5 Å². The van der Waals surface area contributed by atoms with Gasteiger partial charge >= 0.3 is 6.09 Å². The predicted octanol–water partition coefficient (Wildman–Crippen LogP) is 3.65. The average molecular weight is 333 g/mol. The lowest BCUT2D eigenvalue weighted by atomic mass is 10.1. The van der Waals surface area contributed by atoms with Gasteiger partial charge in [-0.15, -0.1) is 0 Å². The van der Waals surface area contributed by atoms with Gasteiger partial charge in [0, 0.05) is 25.0 Å². The van der Waals surface area contributed by atoms with Crippen molar-refractivity contribution in [1.82, 2.24) is 9.69 Å². The molecule has 1 saturated heterocycles. The van der Waals surface area contributed by atoms with E-state index in [0.29, 0.717) is 12.5 Å². The number of ether oxygens (including phenoxy) is 1. The van der Waals surface area contributed by atoms with E-state index in [9.17, 15) is 4.79 Å². The number of fused-ring (bicyclic) bond motifs is 1. The molecular weight excluding hydrogens is 310 g/mol. The number of nitrogens with one attached hydrogen (secondary N) is 1. The van der Waals surface area contributed by atoms with Gasteiger partial charge in [0.05, 0.1) is 4.70 Å². The highest BCUT2D eigenvalue weighted by Gasteiger charge is 2.26. The van der Waals surface area contributed by atoms with Gasteiger partial charge in [-0.25, -0.2) is 4.79 Å². The third kappa shape index (κ3) is 3.93. The van der Waals surface area contributed by atoms with Crippen LogP contribution in [0.4, 0.5) is 10.6 Å². The summed E-state index contributed by atoms with van der Waals surface area (Å²) in [5.74, 6) is 1.51. The summed E-state index contributed by atoms with van der Waals surface area (Å²) in [6, 6.07) is 8.33. The number of carbonyl (C=O) groups is 1. The van der Waals surface area contributed by atoms with Crippen LogP contribution in [0.15, 0.2) is 24.3 Å². The SMILES string of the molecule is CC(C)(C)OC(=O)NCC1CCN(c2nsc3ccccc23)C1. The van der Waals surface area contributed by atoms with E-state index in [1.807, 2.05) is 26.8 Å². The van der Waals surface area contributed by atoms with Gasteiger partial charge < -0.3 is 15.0 Å². The van der Waals surface area contributed by atoms with Gasteiger partial charge in [-0.1, -0.05) is 12.1 Å². The number of rotatable bonds is 3. The second kappa shape index (κ2) is 6.35. The Kier molecular flexibility index (Phi) is 4.43. The minimum Gasteiger partial charge on any atom is -0.444 e. The zero-order chi connectivity index (χ0) is 16.4. The maximum atomic E-state index is 11.7. The lowest BCUT2D eigenvalue weighted by Gasteiger charge is -2.21. The molecule has 1 aromatic carbocycles. The highest BCUT2D eigenvalue weighted by molar-refractivity contribution is 7.13. The topological polar surface area (TPSA) is 54.5 Å². The third-order valence-corrected chi connectivity index (χ3v) is 4.69. The predicted molar refractivity (Wildman–Crippen MR) is 94.2 cm³/mol. The molecule has 1 unspecified atom stereocenters. The summed E-state index contributed by atoms with van der Waals surface area (Å²) in [6.45, 7) is 8.16. The number of carbonyl (C=O) groups excluding carboxylic acids is 1. The lowest BCUT2D eigenvalue weighted by molar-refractivity contribution is 0.0520. The zero-order valence-corrected chi connectivity index (χ0v) is 14.7. The fraction of sp³-hybridized carbons (Fsp3) is 0.529. The monoisotopic (exact) mass is 333 g/mol. The maximum Gasteiger partial charge on any atom is 0.407 e. The van der Waals surface area contributed by atoms with E-state index in [1.54, 1.807) is 11.5 Å². The summed E-state index contributed by atoms with van der Waals surface area (Å²) >= 11 is 1.55. The van der Waals surface area contributed by atoms with Gasteiger partial charge in [0.2, 0.25) is 0 Å². The number of benzene rings is 1. The number of alkyl carbamates (subject to hydrolysis) is 1. The minimum absolute atomic E-state index is 0.338. The number of hydrogen-bond donors (Lipinski definition) is 1. The molecule has 1 amide bonds. The molecule has 23 heavy (non-hydrogen) atoms. The fourth-order valence-electron chi connectivity index (χ4n) is 2.83. The Morgan fingerprint density at radius 3 is 3.00 bits per heavy atom. The second-order valence-electron chi connectivity index (χ2n) is 6.99. The largest absolute Gasteiger partial charge is 0.444 e. The first-order valence-corrected chi connectivity index (χ1v) is 8.76. The van der Waals surface area contributed by atoms with Crippen molar-refractivity contribution in [3.05, 3.63) is 24.3 Å². The van der Waals surface area contributed by atoms with E-state index >= 15 is 0 Å². The molecule has 0 radical (unpaired) electrons. The highest BCUT2D eigenvalue weighted by Crippen LogP contribution is 2.32. The molecular formula is C17H23N3O2S. The Balaban J connectivity index is 1.56. The Morgan fingerprint density at radius 1 is 1.43 bits per heavy atom. The van der Waals surface area contributed by atoms with Crippen LogP contribution < -0.4 is 10.2 Å². The van der Waals surface area contributed by atoms with E-state index in [2.05, 4.69) is 32.8 Å². The van der Waals surface area contributed by atoms with Crippen LogP contribution in [-0.4, -0.2) is 35.7 Å². The number of anilines is 1. The summed E-state index contributed by atoms with van der Waals surface area (Å²) in [5.41, 5.74) is -0.453. The summed E-state index contributed by atoms with van der Waals surface area (Å²) in [4.78, 5) is 14.1. The Labute approximate surface area is 140 Å². The molecule has 1 N–H and O–H groups in total. The smallest absolute Gasteiger partial charge is 0.407 e. The fourth-order valence-corrected chi connectivity index (χ4v) is 3.63. The molecule has 0 saturated carbocycles. The molecule has 1 fully saturated rings. The van der Waals surface area contributed by atoms with E-state index in [0.717, 1.165) is 25.3 Å². The van der Waals surface area contributed by atoms with Crippen molar-refractivity contribution in [3.63, 3.8) is 0 Å². The van der Waals surface area contributed by atoms with Crippen molar-refractivity contribution in [2.24, 2.45) is 5.92 Å². The molecule has 1 aliphatic heterocycles. The highest BCUT2D eigenvalue weighted by atomic mass is 32.1. The molecule has 0 aliphatic carbocycles. The van der Waals surface area contributed by atoms with Crippen LogP contribution in [-0.2, 0) is 4.74 Å². The van der Waals surface area contributed by atoms with Crippen molar-refractivity contribution in [2.75, 3.05) is 24.5 Å². The molecule has 124 valence electrons. The summed E-state index contributed by atoms with van der Waals surface area (Å²) in [5, 5.41) is 4.10. The molecule has 2 aromatic rings. The van der Waals surface area contributed by atoms with Crippen LogP contribution in [0.25, 0.3) is 10.1 Å². The van der Waals surface area contributed by atoms with Crippen LogP contribution in [0.2, 0.25) is 0 Å². The normalized spacial score (nSPS) is 18.4. The lowest BCUT2D eigenvalue weighted by Crippen LogP contribution is -2.36. The number of amides is 1. The molecule has 6 heteroatoms. The van der Waals surface area contributed by atoms with Crippen LogP contribution >= 0.6 is 11.5 Å². The van der Waals surface area contributed by atoms with E-state index in [1.165, 1.54) is 10.1 Å². The average Bonchev–Trinajstić information content (AvgIpc) is 3.09. The maximum absolute atomic E-state index is 11.7. The molecule has 2 heterocycles. The van der Waals surface area contributed by atoms with E-state index in [-0.39, 0.29) is 6.09 Å². The van der Waals surface area contributed by atoms with Crippen molar-refractivity contribution in [1.29, 1.82) is 0 Å². The quantitative estimate of drug-likeness (QED) is 0.931. The van der Waals surface area contributed by atoms with Crippen molar-refractivity contribution in [3.8, 4) is 0 Å². The van der Waals surface area contributed by atoms with Gasteiger partial charge in [0.1, 0.15) is 11.4 Å². The standard InChI is InChI=1S/C17H23N3O2S/c1-17(2,3)22-16(21)18-10-12-8-9-20(11-12)15-13-6-4-5-7-14(13)23-19-15/h4-7,12H,8-11H2,1-3H3,(H,18,21). The van der Waals surface area contributed by atoms with Gasteiger partial charge in [0.25, 0.3) is 0 Å². The van der Waals surface area contributed by atoms with Crippen LogP contribution in [0.3, 0.4) is 0 Å². The van der Waals surface area contributed by atoms with Crippen LogP contribution in [0.5, 0.6) is 0 Å². The third-order valence-electron chi connectivity index (χ3n) is 3.88. The molecule has 0 bridgehead atoms. The van der Waals surface area contributed by atoms with Gasteiger partial charge in [-0.2, -0.15) is 4.37 Å². The minimum atomic E-state index is -0.453. The Morgan fingerprint density at radius 2 is 2.22 bits per heavy atom. The van der Waals surface area contributed by atoms with Crippen molar-refractivity contribution < 1.29 is 9.53 Å². The van der Waals surface area contributed by atoms with Crippen LogP contribution in [0.1, 0.15) is 27.2 Å². The Hall–Kier alpha value is -1.82. The van der Waals surface area contributed by atoms with Gasteiger partial charge in [-0.05, 0) is 56.8 Å². The Bertz CT molecular complexity index is 692. The molecule has 5 nitrogen and oxygen atoms in total. The van der Waals surface area contributed by atoms with Crippen LogP contribution in [0, 0.1) is 5.92 Å². The van der Waals surface area contributed by atoms with E-state index < -0.39 is 5.60 Å². The first kappa shape index (κ1) is 16.1. The summed E-state index contributed by atoms with van der Waals surface area (Å²) < 4.78 is 11.1. The zero-order valence-electron chi connectivity index (χ0n) is 13.8. The number of hydrogen-bond acceptors (Lipinski definition) is 5. The first-order valence-electron chi connectivity index (χ1n) is 7.98. The van der Waals surface area contributed by atoms with Crippen molar-refractivity contribution in [2.45, 2.75) is 32.8 Å². The summed E-state index contributed by atoms with van der Waals surface area (Å²) in [7, 11) is 0. The molecule has 1 aromatic heterocycles. The molecule has 1 aliphatic rings. The first-order chi connectivity index (χ1) is 10.9. The van der Waals surface area contributed by atoms with Gasteiger partial charge in [-0.3, -0.25) is 0 Å². The van der Waals surface area contributed by atoms with Gasteiger partial charge in [0.15, 0.2) is 0 Å². The van der Waals surface area contributed by atoms with E-state index in [4.69, 9.17) is 4.74 Å².